The van der Waals surface area contributed by atoms with Crippen molar-refractivity contribution in [3.8, 4) is 0 Å². The highest BCUT2D eigenvalue weighted by Gasteiger charge is 2.55. The second-order valence-electron chi connectivity index (χ2n) is 5.37. The molecule has 0 saturated heterocycles. The summed E-state index contributed by atoms with van der Waals surface area (Å²) >= 11 is 0. The van der Waals surface area contributed by atoms with Gasteiger partial charge in [-0.1, -0.05) is 0 Å². The van der Waals surface area contributed by atoms with E-state index < -0.39 is 0 Å². The van der Waals surface area contributed by atoms with Crippen molar-refractivity contribution < 1.29 is 9.53 Å². The van der Waals surface area contributed by atoms with Gasteiger partial charge in [0.1, 0.15) is 11.4 Å². The number of nitrogens with two attached hydrogens (primary N) is 1. The summed E-state index contributed by atoms with van der Waals surface area (Å²) in [5.41, 5.74) is 5.70. The summed E-state index contributed by atoms with van der Waals surface area (Å²) in [6.07, 6.45) is 6.22. The van der Waals surface area contributed by atoms with Crippen molar-refractivity contribution in [2.24, 2.45) is 10.7 Å². The number of hydrogen-bond acceptors (Lipinski definition) is 3. The van der Waals surface area contributed by atoms with E-state index in [-0.39, 0.29) is 17.7 Å². The molecule has 2 N–H and O–H groups in total. The van der Waals surface area contributed by atoms with Crippen LogP contribution in [0, 0.1) is 0 Å². The SMILES string of the molecule is COC1CCCC2(C1)C(N)=NC(=O)N2C1CC1. The third-order valence-corrected chi connectivity index (χ3v) is 4.29. The molecular weight excluding hydrogens is 218 g/mol. The summed E-state index contributed by atoms with van der Waals surface area (Å²) in [5, 5.41) is 0. The van der Waals surface area contributed by atoms with Gasteiger partial charge in [0, 0.05) is 19.6 Å². The van der Waals surface area contributed by atoms with Gasteiger partial charge in [-0.15, -0.1) is 0 Å². The van der Waals surface area contributed by atoms with Crippen molar-refractivity contribution in [1.82, 2.24) is 4.90 Å². The lowest BCUT2D eigenvalue weighted by Gasteiger charge is -2.43. The highest BCUT2D eigenvalue weighted by Crippen LogP contribution is 2.44. The van der Waals surface area contributed by atoms with E-state index >= 15 is 0 Å². The van der Waals surface area contributed by atoms with E-state index in [1.54, 1.807) is 7.11 Å². The minimum absolute atomic E-state index is 0.137. The van der Waals surface area contributed by atoms with Crippen LogP contribution in [-0.4, -0.2) is 41.6 Å². The van der Waals surface area contributed by atoms with Crippen LogP contribution in [0.1, 0.15) is 38.5 Å². The van der Waals surface area contributed by atoms with Gasteiger partial charge in [0.25, 0.3) is 0 Å². The maximum atomic E-state index is 12.0. The molecule has 94 valence electrons. The Labute approximate surface area is 101 Å². The molecule has 3 aliphatic rings. The minimum Gasteiger partial charge on any atom is -0.385 e. The molecule has 0 radical (unpaired) electrons. The summed E-state index contributed by atoms with van der Waals surface area (Å²) in [5.74, 6) is 0.510. The average molecular weight is 237 g/mol. The molecule has 1 spiro atoms. The number of urea groups is 1. The van der Waals surface area contributed by atoms with Crippen LogP contribution >= 0.6 is 0 Å². The zero-order valence-corrected chi connectivity index (χ0v) is 10.2. The van der Waals surface area contributed by atoms with E-state index in [1.807, 2.05) is 4.90 Å². The van der Waals surface area contributed by atoms with Crippen molar-refractivity contribution in [3.05, 3.63) is 0 Å². The monoisotopic (exact) mass is 237 g/mol. The number of nitrogens with zero attached hydrogens (tertiary/aromatic N) is 2. The second-order valence-corrected chi connectivity index (χ2v) is 5.37. The van der Waals surface area contributed by atoms with Crippen molar-refractivity contribution in [2.45, 2.75) is 56.2 Å². The van der Waals surface area contributed by atoms with Crippen molar-refractivity contribution in [2.75, 3.05) is 7.11 Å². The third kappa shape index (κ3) is 1.56. The van der Waals surface area contributed by atoms with Crippen LogP contribution in [0.4, 0.5) is 4.79 Å². The maximum absolute atomic E-state index is 12.0. The van der Waals surface area contributed by atoms with Gasteiger partial charge < -0.3 is 15.4 Å². The van der Waals surface area contributed by atoms with Crippen LogP contribution in [0.2, 0.25) is 0 Å². The summed E-state index contributed by atoms with van der Waals surface area (Å²) in [6, 6.07) is 0.227. The Morgan fingerprint density at radius 1 is 1.47 bits per heavy atom. The van der Waals surface area contributed by atoms with Crippen LogP contribution < -0.4 is 5.73 Å². The molecule has 0 bridgehead atoms. The fourth-order valence-electron chi connectivity index (χ4n) is 3.26. The minimum atomic E-state index is -0.336. The lowest BCUT2D eigenvalue weighted by Crippen LogP contribution is -2.58. The first-order valence-electron chi connectivity index (χ1n) is 6.38. The average Bonchev–Trinajstić information content (AvgIpc) is 3.10. The summed E-state index contributed by atoms with van der Waals surface area (Å²) in [7, 11) is 1.73. The van der Waals surface area contributed by atoms with Crippen LogP contribution in [0.3, 0.4) is 0 Å². The van der Waals surface area contributed by atoms with E-state index in [4.69, 9.17) is 10.5 Å². The molecule has 2 aliphatic carbocycles. The Morgan fingerprint density at radius 3 is 2.88 bits per heavy atom. The van der Waals surface area contributed by atoms with Crippen molar-refractivity contribution in [1.29, 1.82) is 0 Å². The predicted molar refractivity (Wildman–Crippen MR) is 63.9 cm³/mol. The van der Waals surface area contributed by atoms with Crippen molar-refractivity contribution in [3.63, 3.8) is 0 Å². The highest BCUT2D eigenvalue weighted by molar-refractivity contribution is 6.06. The topological polar surface area (TPSA) is 67.9 Å². The molecule has 2 saturated carbocycles. The molecule has 2 amide bonds. The number of carbonyl (C=O) groups excluding carboxylic acids is 1. The smallest absolute Gasteiger partial charge is 0.346 e. The first-order chi connectivity index (χ1) is 8.17. The summed E-state index contributed by atoms with van der Waals surface area (Å²) in [6.45, 7) is 0. The number of methoxy groups -OCH3 is 1. The zero-order chi connectivity index (χ0) is 12.0. The van der Waals surface area contributed by atoms with E-state index in [9.17, 15) is 4.79 Å². The Hall–Kier alpha value is -1.10. The highest BCUT2D eigenvalue weighted by atomic mass is 16.5. The van der Waals surface area contributed by atoms with Crippen LogP contribution in [-0.2, 0) is 4.74 Å². The Balaban J connectivity index is 1.91. The van der Waals surface area contributed by atoms with E-state index in [0.29, 0.717) is 11.9 Å². The van der Waals surface area contributed by atoms with Crippen LogP contribution in [0.15, 0.2) is 4.99 Å². The van der Waals surface area contributed by atoms with Gasteiger partial charge in [-0.2, -0.15) is 4.99 Å². The zero-order valence-electron chi connectivity index (χ0n) is 10.2. The van der Waals surface area contributed by atoms with Crippen molar-refractivity contribution >= 4 is 11.9 Å². The molecular formula is C12H19N3O2. The van der Waals surface area contributed by atoms with E-state index in [0.717, 1.165) is 38.5 Å². The van der Waals surface area contributed by atoms with Gasteiger partial charge in [-0.05, 0) is 32.1 Å². The molecule has 3 rings (SSSR count). The van der Waals surface area contributed by atoms with E-state index in [2.05, 4.69) is 4.99 Å². The first-order valence-corrected chi connectivity index (χ1v) is 6.38. The first kappa shape index (κ1) is 11.0. The summed E-state index contributed by atoms with van der Waals surface area (Å²) in [4.78, 5) is 17.9. The van der Waals surface area contributed by atoms with Crippen LogP contribution in [0.25, 0.3) is 0 Å². The van der Waals surface area contributed by atoms with Gasteiger partial charge in [-0.3, -0.25) is 0 Å². The molecule has 5 nitrogen and oxygen atoms in total. The predicted octanol–water partition coefficient (Wildman–Crippen LogP) is 1.27. The van der Waals surface area contributed by atoms with Gasteiger partial charge in [0.2, 0.25) is 0 Å². The summed E-state index contributed by atoms with van der Waals surface area (Å²) < 4.78 is 5.46. The molecule has 2 unspecified atom stereocenters. The fraction of sp³-hybridized carbons (Fsp3) is 0.833. The molecule has 17 heavy (non-hydrogen) atoms. The van der Waals surface area contributed by atoms with Gasteiger partial charge in [-0.25, -0.2) is 4.79 Å². The quantitative estimate of drug-likeness (QED) is 0.786. The largest absolute Gasteiger partial charge is 0.385 e. The normalized spacial score (nSPS) is 37.7. The molecule has 2 atom stereocenters. The third-order valence-electron chi connectivity index (χ3n) is 4.29. The number of amidine groups is 1. The number of ether oxygens (including phenoxy) is 1. The molecule has 0 aromatic carbocycles. The lowest BCUT2D eigenvalue weighted by molar-refractivity contribution is 0.0208. The van der Waals surface area contributed by atoms with Crippen LogP contribution in [0.5, 0.6) is 0 Å². The maximum Gasteiger partial charge on any atom is 0.346 e. The Bertz CT molecular complexity index is 378. The molecule has 0 aromatic heterocycles. The molecule has 0 aromatic rings. The number of hydrogen-bond donors (Lipinski definition) is 1. The molecule has 1 heterocycles. The lowest BCUT2D eigenvalue weighted by atomic mass is 9.78. The molecule has 1 aliphatic heterocycles. The number of aliphatic imine (C=N–C) groups is 1. The molecule has 2 fully saturated rings. The van der Waals surface area contributed by atoms with E-state index in [1.165, 1.54) is 0 Å². The standard InChI is InChI=1S/C12H19N3O2/c1-17-9-3-2-6-12(7-9)10(13)14-11(16)15(12)8-4-5-8/h8-9H,2-7H2,1H3,(H2,13,14,16). The van der Waals surface area contributed by atoms with Gasteiger partial charge in [0.15, 0.2) is 0 Å². The number of rotatable bonds is 2. The van der Waals surface area contributed by atoms with Gasteiger partial charge in [0.05, 0.1) is 6.10 Å². The Kier molecular flexibility index (Phi) is 2.40. The number of amides is 2. The fourth-order valence-corrected chi connectivity index (χ4v) is 3.26. The molecule has 5 heteroatoms. The Morgan fingerprint density at radius 2 is 2.24 bits per heavy atom. The number of carbonyl (C=O) groups is 1. The van der Waals surface area contributed by atoms with Gasteiger partial charge >= 0.3 is 6.03 Å². The second kappa shape index (κ2) is 3.70.